The zero-order chi connectivity index (χ0) is 17.1. The van der Waals surface area contributed by atoms with Crippen LogP contribution in [0.15, 0.2) is 18.2 Å². The Labute approximate surface area is 138 Å². The Morgan fingerprint density at radius 1 is 0.864 bits per heavy atom. The molecule has 0 amide bonds. The van der Waals surface area contributed by atoms with Crippen LogP contribution in [0.5, 0.6) is 0 Å². The summed E-state index contributed by atoms with van der Waals surface area (Å²) in [4.78, 5) is 2.63. The van der Waals surface area contributed by atoms with E-state index < -0.39 is 0 Å². The topological polar surface area (TPSA) is 3.24 Å². The van der Waals surface area contributed by atoms with Crippen LogP contribution in [0, 0.1) is 17.8 Å². The van der Waals surface area contributed by atoms with Crippen molar-refractivity contribution in [2.45, 2.75) is 80.2 Å². The second-order valence-electron chi connectivity index (χ2n) is 10.1. The number of rotatable bonds is 0. The number of nitrogens with zero attached hydrogens (tertiary/aromatic N) is 1. The molecule has 0 atom stereocenters. The van der Waals surface area contributed by atoms with Crippen LogP contribution in [0.25, 0.3) is 0 Å². The molecule has 1 aromatic carbocycles. The Bertz CT molecular complexity index is 547. The van der Waals surface area contributed by atoms with E-state index in [0.717, 1.165) is 6.54 Å². The molecule has 1 aliphatic heterocycles. The molecule has 0 aromatic heterocycles. The van der Waals surface area contributed by atoms with Gasteiger partial charge in [-0.25, -0.2) is 0 Å². The SMILES string of the molecule is Cc1cccc2c1C(C(C)(C)C)(C(C)(C)C)CN2C(C)(C)C. The van der Waals surface area contributed by atoms with Crippen LogP contribution in [-0.4, -0.2) is 12.1 Å². The number of fused-ring (bicyclic) bond motifs is 1. The van der Waals surface area contributed by atoms with Gasteiger partial charge in [-0.05, 0) is 55.7 Å². The lowest BCUT2D eigenvalue weighted by atomic mass is 9.51. The first kappa shape index (κ1) is 17.4. The Kier molecular flexibility index (Phi) is 3.76. The summed E-state index contributed by atoms with van der Waals surface area (Å²) < 4.78 is 0. The normalized spacial score (nSPS) is 18.5. The van der Waals surface area contributed by atoms with Gasteiger partial charge in [0.1, 0.15) is 0 Å². The number of anilines is 1. The monoisotopic (exact) mass is 301 g/mol. The van der Waals surface area contributed by atoms with Gasteiger partial charge < -0.3 is 4.90 Å². The second kappa shape index (κ2) is 4.76. The quantitative estimate of drug-likeness (QED) is 0.573. The summed E-state index contributed by atoms with van der Waals surface area (Å²) >= 11 is 0. The molecule has 0 spiro atoms. The van der Waals surface area contributed by atoms with Gasteiger partial charge in [-0.3, -0.25) is 0 Å². The lowest BCUT2D eigenvalue weighted by Gasteiger charge is -2.53. The predicted molar refractivity (Wildman–Crippen MR) is 98.9 cm³/mol. The van der Waals surface area contributed by atoms with Crippen LogP contribution in [0.1, 0.15) is 73.4 Å². The molecular formula is C21H35N. The molecule has 1 heterocycles. The molecule has 1 aliphatic rings. The van der Waals surface area contributed by atoms with Crippen molar-refractivity contribution in [2.24, 2.45) is 10.8 Å². The van der Waals surface area contributed by atoms with Crippen LogP contribution < -0.4 is 4.90 Å². The highest BCUT2D eigenvalue weighted by Gasteiger charge is 2.58. The van der Waals surface area contributed by atoms with E-state index in [1.807, 2.05) is 0 Å². The van der Waals surface area contributed by atoms with E-state index in [9.17, 15) is 0 Å². The zero-order valence-corrected chi connectivity index (χ0v) is 16.4. The molecule has 1 nitrogen and oxygen atoms in total. The Morgan fingerprint density at radius 2 is 1.36 bits per heavy atom. The molecular weight excluding hydrogens is 266 g/mol. The minimum Gasteiger partial charge on any atom is -0.366 e. The first-order valence-electron chi connectivity index (χ1n) is 8.61. The lowest BCUT2D eigenvalue weighted by Crippen LogP contribution is -2.55. The fourth-order valence-electron chi connectivity index (χ4n) is 4.78. The lowest BCUT2D eigenvalue weighted by molar-refractivity contribution is 0.0630. The highest BCUT2D eigenvalue weighted by Crippen LogP contribution is 2.61. The van der Waals surface area contributed by atoms with Gasteiger partial charge >= 0.3 is 0 Å². The fraction of sp³-hybridized carbons (Fsp3) is 0.714. The van der Waals surface area contributed by atoms with E-state index in [4.69, 9.17) is 0 Å². The van der Waals surface area contributed by atoms with Crippen LogP contribution in [-0.2, 0) is 5.41 Å². The first-order valence-corrected chi connectivity index (χ1v) is 8.61. The number of benzene rings is 1. The van der Waals surface area contributed by atoms with Crippen LogP contribution in [0.3, 0.4) is 0 Å². The van der Waals surface area contributed by atoms with Crippen molar-refractivity contribution in [2.75, 3.05) is 11.4 Å². The summed E-state index contributed by atoms with van der Waals surface area (Å²) in [6.07, 6.45) is 0. The maximum Gasteiger partial charge on any atom is 0.0412 e. The standard InChI is InChI=1S/C21H35N/c1-15-12-11-13-16-17(15)21(18(2,3)4,19(5,6)7)14-22(16)20(8,9)10/h11-13H,14H2,1-10H3. The van der Waals surface area contributed by atoms with Crippen molar-refractivity contribution in [3.63, 3.8) is 0 Å². The molecule has 0 saturated heterocycles. The number of hydrogen-bond acceptors (Lipinski definition) is 1. The highest BCUT2D eigenvalue weighted by molar-refractivity contribution is 5.68. The van der Waals surface area contributed by atoms with Crippen molar-refractivity contribution in [3.05, 3.63) is 29.3 Å². The number of hydrogen-bond donors (Lipinski definition) is 0. The minimum absolute atomic E-state index is 0.140. The molecule has 124 valence electrons. The zero-order valence-electron chi connectivity index (χ0n) is 16.4. The van der Waals surface area contributed by atoms with E-state index >= 15 is 0 Å². The summed E-state index contributed by atoms with van der Waals surface area (Å²) in [5.74, 6) is 0. The average Bonchev–Trinajstić information content (AvgIpc) is 2.64. The molecule has 0 fully saturated rings. The van der Waals surface area contributed by atoms with Crippen molar-refractivity contribution >= 4 is 5.69 Å². The Hall–Kier alpha value is -0.980. The third-order valence-corrected chi connectivity index (χ3v) is 5.73. The largest absolute Gasteiger partial charge is 0.366 e. The van der Waals surface area contributed by atoms with E-state index in [2.05, 4.69) is 92.3 Å². The molecule has 0 N–H and O–H groups in total. The maximum atomic E-state index is 2.63. The van der Waals surface area contributed by atoms with E-state index in [1.54, 1.807) is 5.56 Å². The van der Waals surface area contributed by atoms with Gasteiger partial charge in [-0.1, -0.05) is 53.7 Å². The highest BCUT2D eigenvalue weighted by atomic mass is 15.2. The third kappa shape index (κ3) is 2.28. The second-order valence-corrected chi connectivity index (χ2v) is 10.1. The van der Waals surface area contributed by atoms with Crippen molar-refractivity contribution in [3.8, 4) is 0 Å². The fourth-order valence-corrected chi connectivity index (χ4v) is 4.78. The maximum absolute atomic E-state index is 2.63. The van der Waals surface area contributed by atoms with Gasteiger partial charge in [-0.15, -0.1) is 0 Å². The molecule has 0 unspecified atom stereocenters. The van der Waals surface area contributed by atoms with E-state index in [0.29, 0.717) is 0 Å². The van der Waals surface area contributed by atoms with Gasteiger partial charge in [0.15, 0.2) is 0 Å². The van der Waals surface area contributed by atoms with Crippen LogP contribution in [0.4, 0.5) is 5.69 Å². The van der Waals surface area contributed by atoms with Gasteiger partial charge in [0, 0.05) is 23.2 Å². The predicted octanol–water partition coefficient (Wildman–Crippen LogP) is 5.94. The first-order chi connectivity index (χ1) is 9.73. The van der Waals surface area contributed by atoms with Gasteiger partial charge in [0.2, 0.25) is 0 Å². The molecule has 0 radical (unpaired) electrons. The molecule has 0 aliphatic carbocycles. The molecule has 1 heteroatoms. The van der Waals surface area contributed by atoms with Gasteiger partial charge in [0.25, 0.3) is 0 Å². The van der Waals surface area contributed by atoms with Gasteiger partial charge in [0.05, 0.1) is 0 Å². The average molecular weight is 302 g/mol. The third-order valence-electron chi connectivity index (χ3n) is 5.73. The molecule has 0 bridgehead atoms. The number of aryl methyl sites for hydroxylation is 1. The Morgan fingerprint density at radius 3 is 1.77 bits per heavy atom. The smallest absolute Gasteiger partial charge is 0.0412 e. The van der Waals surface area contributed by atoms with Crippen LogP contribution in [0.2, 0.25) is 0 Å². The summed E-state index contributed by atoms with van der Waals surface area (Å²) in [6, 6.07) is 6.83. The van der Waals surface area contributed by atoms with E-state index in [1.165, 1.54) is 11.3 Å². The summed E-state index contributed by atoms with van der Waals surface area (Å²) in [7, 11) is 0. The van der Waals surface area contributed by atoms with E-state index in [-0.39, 0.29) is 21.8 Å². The van der Waals surface area contributed by atoms with Crippen molar-refractivity contribution < 1.29 is 0 Å². The van der Waals surface area contributed by atoms with Crippen molar-refractivity contribution in [1.29, 1.82) is 0 Å². The summed E-state index contributed by atoms with van der Waals surface area (Å²) in [5.41, 5.74) is 5.14. The molecule has 2 rings (SSSR count). The van der Waals surface area contributed by atoms with Crippen molar-refractivity contribution in [1.82, 2.24) is 0 Å². The summed E-state index contributed by atoms with van der Waals surface area (Å²) in [6.45, 7) is 24.9. The Balaban J connectivity index is 2.86. The minimum atomic E-state index is 0.140. The van der Waals surface area contributed by atoms with Crippen LogP contribution >= 0.6 is 0 Å². The molecule has 1 aromatic rings. The summed E-state index contributed by atoms with van der Waals surface area (Å²) in [5, 5.41) is 0. The van der Waals surface area contributed by atoms with Gasteiger partial charge in [-0.2, -0.15) is 0 Å². The molecule has 22 heavy (non-hydrogen) atoms. The molecule has 0 saturated carbocycles.